The maximum atomic E-state index is 12.3. The van der Waals surface area contributed by atoms with E-state index < -0.39 is 18.5 Å². The first-order valence-corrected chi connectivity index (χ1v) is 9.24. The predicted molar refractivity (Wildman–Crippen MR) is 107 cm³/mol. The van der Waals surface area contributed by atoms with Gasteiger partial charge in [-0.3, -0.25) is 9.59 Å². The van der Waals surface area contributed by atoms with Gasteiger partial charge in [-0.2, -0.15) is 0 Å². The van der Waals surface area contributed by atoms with Gasteiger partial charge in [0.05, 0.1) is 5.56 Å². The first-order chi connectivity index (χ1) is 14.0. The molecule has 0 bridgehead atoms. The highest BCUT2D eigenvalue weighted by Crippen LogP contribution is 2.22. The normalized spacial score (nSPS) is 13.4. The lowest BCUT2D eigenvalue weighted by atomic mass is 10.00. The molecule has 150 valence electrons. The number of hydrogen-bond donors (Lipinski definition) is 1. The average molecular weight is 394 g/mol. The van der Waals surface area contributed by atoms with Gasteiger partial charge >= 0.3 is 5.97 Å². The van der Waals surface area contributed by atoms with Crippen molar-refractivity contribution in [1.29, 1.82) is 0 Å². The third-order valence-electron chi connectivity index (χ3n) is 4.56. The number of para-hydroxylation sites is 1. The first-order valence-electron chi connectivity index (χ1n) is 9.24. The Kier molecular flexibility index (Phi) is 6.63. The standard InChI is InChI=1S/C22H22N2O5/c23-22(27)18-8-4-5-9-19(18)28-15-21(26)29-14-20(25)24-12-10-17(11-13-24)16-6-2-1-3-7-16/h1-10H,11-15H2,(H2,23,27). The van der Waals surface area contributed by atoms with E-state index in [0.29, 0.717) is 13.1 Å². The van der Waals surface area contributed by atoms with Crippen LogP contribution in [0.5, 0.6) is 5.75 Å². The van der Waals surface area contributed by atoms with Crippen molar-refractivity contribution < 1.29 is 23.9 Å². The fraction of sp³-hybridized carbons (Fsp3) is 0.227. The lowest BCUT2D eigenvalue weighted by Crippen LogP contribution is -2.38. The SMILES string of the molecule is NC(=O)c1ccccc1OCC(=O)OCC(=O)N1CC=C(c2ccccc2)CC1. The first kappa shape index (κ1) is 20.1. The highest BCUT2D eigenvalue weighted by molar-refractivity contribution is 5.95. The van der Waals surface area contributed by atoms with Crippen molar-refractivity contribution >= 4 is 23.4 Å². The molecule has 0 aliphatic carbocycles. The zero-order valence-electron chi connectivity index (χ0n) is 15.9. The lowest BCUT2D eigenvalue weighted by Gasteiger charge is -2.26. The summed E-state index contributed by atoms with van der Waals surface area (Å²) in [5.74, 6) is -1.43. The van der Waals surface area contributed by atoms with E-state index >= 15 is 0 Å². The number of carbonyl (C=O) groups excluding carboxylic acids is 3. The third kappa shape index (κ3) is 5.44. The lowest BCUT2D eigenvalue weighted by molar-refractivity contribution is -0.153. The van der Waals surface area contributed by atoms with Crippen molar-refractivity contribution in [1.82, 2.24) is 4.90 Å². The van der Waals surface area contributed by atoms with Crippen LogP contribution in [-0.4, -0.2) is 49.0 Å². The molecule has 0 saturated carbocycles. The molecule has 1 heterocycles. The van der Waals surface area contributed by atoms with Crippen LogP contribution in [0, 0.1) is 0 Å². The molecule has 3 rings (SSSR count). The van der Waals surface area contributed by atoms with E-state index in [9.17, 15) is 14.4 Å². The molecule has 1 aliphatic rings. The van der Waals surface area contributed by atoms with Gasteiger partial charge in [0, 0.05) is 13.1 Å². The number of nitrogens with zero attached hydrogens (tertiary/aromatic N) is 1. The summed E-state index contributed by atoms with van der Waals surface area (Å²) < 4.78 is 10.3. The van der Waals surface area contributed by atoms with Gasteiger partial charge in [-0.15, -0.1) is 0 Å². The molecule has 2 aromatic rings. The molecule has 29 heavy (non-hydrogen) atoms. The second-order valence-corrected chi connectivity index (χ2v) is 6.49. The van der Waals surface area contributed by atoms with Crippen molar-refractivity contribution in [3.05, 3.63) is 71.8 Å². The van der Waals surface area contributed by atoms with Crippen LogP contribution in [0.4, 0.5) is 0 Å². The number of esters is 1. The van der Waals surface area contributed by atoms with Crippen LogP contribution in [0.15, 0.2) is 60.7 Å². The number of ether oxygens (including phenoxy) is 2. The minimum absolute atomic E-state index is 0.172. The molecular formula is C22H22N2O5. The van der Waals surface area contributed by atoms with Crippen molar-refractivity contribution in [2.24, 2.45) is 5.73 Å². The monoisotopic (exact) mass is 394 g/mol. The maximum Gasteiger partial charge on any atom is 0.344 e. The molecule has 0 aromatic heterocycles. The molecule has 7 nitrogen and oxygen atoms in total. The Labute approximate surface area is 168 Å². The van der Waals surface area contributed by atoms with E-state index in [-0.39, 0.29) is 23.8 Å². The molecule has 0 unspecified atom stereocenters. The van der Waals surface area contributed by atoms with E-state index in [1.54, 1.807) is 17.0 Å². The minimum atomic E-state index is -0.699. The fourth-order valence-corrected chi connectivity index (χ4v) is 3.02. The van der Waals surface area contributed by atoms with Gasteiger partial charge in [0.1, 0.15) is 5.75 Å². The fourth-order valence-electron chi connectivity index (χ4n) is 3.02. The van der Waals surface area contributed by atoms with Gasteiger partial charge in [-0.1, -0.05) is 48.5 Å². The van der Waals surface area contributed by atoms with Gasteiger partial charge in [0.25, 0.3) is 11.8 Å². The van der Waals surface area contributed by atoms with Crippen molar-refractivity contribution in [2.75, 3.05) is 26.3 Å². The molecule has 2 N–H and O–H groups in total. The topological polar surface area (TPSA) is 98.9 Å². The molecule has 0 atom stereocenters. The number of benzene rings is 2. The molecular weight excluding hydrogens is 372 g/mol. The molecule has 1 aliphatic heterocycles. The number of nitrogens with two attached hydrogens (primary N) is 1. The number of amides is 2. The Morgan fingerprint density at radius 1 is 0.966 bits per heavy atom. The minimum Gasteiger partial charge on any atom is -0.481 e. The van der Waals surface area contributed by atoms with Gasteiger partial charge < -0.3 is 20.1 Å². The quantitative estimate of drug-likeness (QED) is 0.725. The number of rotatable bonds is 7. The highest BCUT2D eigenvalue weighted by Gasteiger charge is 2.19. The van der Waals surface area contributed by atoms with Gasteiger partial charge in [-0.25, -0.2) is 4.79 Å². The third-order valence-corrected chi connectivity index (χ3v) is 4.56. The summed E-state index contributed by atoms with van der Waals surface area (Å²) >= 11 is 0. The van der Waals surface area contributed by atoms with Gasteiger partial charge in [0.2, 0.25) is 0 Å². The maximum absolute atomic E-state index is 12.3. The largest absolute Gasteiger partial charge is 0.481 e. The zero-order valence-corrected chi connectivity index (χ0v) is 15.9. The van der Waals surface area contributed by atoms with Crippen LogP contribution in [0.3, 0.4) is 0 Å². The van der Waals surface area contributed by atoms with Crippen LogP contribution in [-0.2, 0) is 14.3 Å². The summed E-state index contributed by atoms with van der Waals surface area (Å²) in [7, 11) is 0. The van der Waals surface area contributed by atoms with Gasteiger partial charge in [-0.05, 0) is 29.7 Å². The Bertz CT molecular complexity index is 924. The Morgan fingerprint density at radius 2 is 1.69 bits per heavy atom. The average Bonchev–Trinajstić information content (AvgIpc) is 2.77. The molecule has 2 aromatic carbocycles. The predicted octanol–water partition coefficient (Wildman–Crippen LogP) is 2.02. The Morgan fingerprint density at radius 3 is 2.38 bits per heavy atom. The molecule has 0 saturated heterocycles. The van der Waals surface area contributed by atoms with Crippen molar-refractivity contribution in [2.45, 2.75) is 6.42 Å². The molecule has 2 amide bonds. The molecule has 0 spiro atoms. The summed E-state index contributed by atoms with van der Waals surface area (Å²) in [5.41, 5.74) is 7.79. The number of primary amides is 1. The van der Waals surface area contributed by atoms with Crippen LogP contribution in [0.1, 0.15) is 22.3 Å². The van der Waals surface area contributed by atoms with Crippen LogP contribution >= 0.6 is 0 Å². The second kappa shape index (κ2) is 9.54. The van der Waals surface area contributed by atoms with E-state index in [0.717, 1.165) is 12.0 Å². The van der Waals surface area contributed by atoms with Crippen molar-refractivity contribution in [3.63, 3.8) is 0 Å². The second-order valence-electron chi connectivity index (χ2n) is 6.49. The van der Waals surface area contributed by atoms with E-state index in [4.69, 9.17) is 15.2 Å². The Balaban J connectivity index is 1.45. The van der Waals surface area contributed by atoms with E-state index in [1.165, 1.54) is 17.7 Å². The zero-order chi connectivity index (χ0) is 20.6. The van der Waals surface area contributed by atoms with Crippen LogP contribution in [0.2, 0.25) is 0 Å². The molecule has 0 radical (unpaired) electrons. The van der Waals surface area contributed by atoms with E-state index in [2.05, 4.69) is 0 Å². The summed E-state index contributed by atoms with van der Waals surface area (Å²) in [4.78, 5) is 37.1. The summed E-state index contributed by atoms with van der Waals surface area (Å²) in [6.45, 7) is 0.270. The molecule has 7 heteroatoms. The van der Waals surface area contributed by atoms with Crippen LogP contribution in [0.25, 0.3) is 5.57 Å². The number of carbonyl (C=O) groups is 3. The number of hydrogen-bond acceptors (Lipinski definition) is 5. The summed E-state index contributed by atoms with van der Waals surface area (Å²) in [5, 5.41) is 0. The van der Waals surface area contributed by atoms with E-state index in [1.807, 2.05) is 36.4 Å². The summed E-state index contributed by atoms with van der Waals surface area (Å²) in [6.07, 6.45) is 2.76. The highest BCUT2D eigenvalue weighted by atomic mass is 16.6. The smallest absolute Gasteiger partial charge is 0.344 e. The molecule has 0 fully saturated rings. The van der Waals surface area contributed by atoms with Crippen LogP contribution < -0.4 is 10.5 Å². The van der Waals surface area contributed by atoms with Gasteiger partial charge in [0.15, 0.2) is 13.2 Å². The summed E-state index contributed by atoms with van der Waals surface area (Å²) in [6, 6.07) is 16.3. The Hall–Kier alpha value is -3.61. The van der Waals surface area contributed by atoms with Crippen molar-refractivity contribution in [3.8, 4) is 5.75 Å².